The third kappa shape index (κ3) is 3.02. The van der Waals surface area contributed by atoms with Crippen molar-refractivity contribution >= 4 is 5.71 Å². The van der Waals surface area contributed by atoms with Crippen LogP contribution in [0, 0.1) is 0 Å². The van der Waals surface area contributed by atoms with Crippen LogP contribution < -0.4 is 16.4 Å². The van der Waals surface area contributed by atoms with E-state index in [2.05, 4.69) is 15.6 Å². The van der Waals surface area contributed by atoms with Crippen LogP contribution in [-0.4, -0.2) is 38.9 Å². The lowest BCUT2D eigenvalue weighted by Gasteiger charge is -2.10. The monoisotopic (exact) mass is 168 g/mol. The van der Waals surface area contributed by atoms with E-state index in [1.54, 1.807) is 0 Å². The zero-order valence-corrected chi connectivity index (χ0v) is 7.43. The molecule has 0 aliphatic carbocycles. The van der Waals surface area contributed by atoms with Crippen LogP contribution in [0.3, 0.4) is 0 Å². The van der Waals surface area contributed by atoms with Crippen molar-refractivity contribution in [3.05, 3.63) is 11.8 Å². The van der Waals surface area contributed by atoms with Gasteiger partial charge in [-0.3, -0.25) is 4.99 Å². The highest BCUT2D eigenvalue weighted by molar-refractivity contribution is 5.97. The van der Waals surface area contributed by atoms with Gasteiger partial charge in [-0.1, -0.05) is 0 Å². The van der Waals surface area contributed by atoms with Crippen LogP contribution in [0.1, 0.15) is 0 Å². The summed E-state index contributed by atoms with van der Waals surface area (Å²) in [7, 11) is 1.88. The summed E-state index contributed by atoms with van der Waals surface area (Å²) in [5.41, 5.74) is 7.59. The molecule has 0 fully saturated rings. The molecule has 0 radical (unpaired) electrons. The van der Waals surface area contributed by atoms with E-state index in [0.717, 1.165) is 37.6 Å². The second-order valence-electron chi connectivity index (χ2n) is 2.80. The summed E-state index contributed by atoms with van der Waals surface area (Å²) in [5, 5.41) is 6.22. The lowest BCUT2D eigenvalue weighted by molar-refractivity contribution is 0.737. The van der Waals surface area contributed by atoms with Gasteiger partial charge in [0.05, 0.1) is 12.3 Å². The fourth-order valence-corrected chi connectivity index (χ4v) is 1.12. The minimum Gasteiger partial charge on any atom is -0.401 e. The molecule has 0 atom stereocenters. The maximum atomic E-state index is 5.71. The van der Waals surface area contributed by atoms with E-state index in [9.17, 15) is 0 Å². The molecule has 68 valence electrons. The minimum absolute atomic E-state index is 0.721. The molecular weight excluding hydrogens is 152 g/mol. The van der Waals surface area contributed by atoms with E-state index in [0.29, 0.717) is 0 Å². The highest BCUT2D eigenvalue weighted by Crippen LogP contribution is 1.90. The van der Waals surface area contributed by atoms with Crippen molar-refractivity contribution in [1.29, 1.82) is 0 Å². The number of nitrogens with one attached hydrogen (secondary N) is 2. The molecule has 1 aliphatic rings. The summed E-state index contributed by atoms with van der Waals surface area (Å²) in [6.07, 6.45) is 1.93. The average molecular weight is 168 g/mol. The number of aliphatic imine (C=N–C) groups is 1. The van der Waals surface area contributed by atoms with E-state index < -0.39 is 0 Å². The highest BCUT2D eigenvalue weighted by atomic mass is 15.0. The largest absolute Gasteiger partial charge is 0.401 e. The number of nitrogens with two attached hydrogens (primary N) is 1. The van der Waals surface area contributed by atoms with E-state index >= 15 is 0 Å². The van der Waals surface area contributed by atoms with Gasteiger partial charge in [0.25, 0.3) is 0 Å². The van der Waals surface area contributed by atoms with Crippen molar-refractivity contribution in [2.24, 2.45) is 10.7 Å². The molecule has 0 bridgehead atoms. The van der Waals surface area contributed by atoms with Gasteiger partial charge in [-0.25, -0.2) is 0 Å². The Kier molecular flexibility index (Phi) is 3.76. The first-order valence-electron chi connectivity index (χ1n) is 4.17. The van der Waals surface area contributed by atoms with Crippen molar-refractivity contribution in [3.63, 3.8) is 0 Å². The van der Waals surface area contributed by atoms with Crippen LogP contribution in [0.15, 0.2) is 16.8 Å². The maximum Gasteiger partial charge on any atom is 0.0518 e. The van der Waals surface area contributed by atoms with Crippen LogP contribution in [0.25, 0.3) is 0 Å². The first-order chi connectivity index (χ1) is 5.83. The van der Waals surface area contributed by atoms with Crippen LogP contribution in [0.2, 0.25) is 0 Å². The number of nitrogens with zero attached hydrogens (tertiary/aromatic N) is 1. The Morgan fingerprint density at radius 1 is 1.83 bits per heavy atom. The molecule has 0 saturated heterocycles. The Balaban J connectivity index is 2.46. The van der Waals surface area contributed by atoms with Gasteiger partial charge in [0, 0.05) is 25.3 Å². The second-order valence-corrected chi connectivity index (χ2v) is 2.80. The molecule has 0 amide bonds. The van der Waals surface area contributed by atoms with Crippen LogP contribution in [-0.2, 0) is 0 Å². The Morgan fingerprint density at radius 2 is 2.67 bits per heavy atom. The molecule has 0 aromatic rings. The normalized spacial score (nSPS) is 19.1. The van der Waals surface area contributed by atoms with Gasteiger partial charge in [-0.2, -0.15) is 0 Å². The molecule has 0 unspecified atom stereocenters. The molecule has 0 aromatic carbocycles. The number of hydrogen-bond donors (Lipinski definition) is 3. The third-order valence-corrected chi connectivity index (χ3v) is 1.64. The van der Waals surface area contributed by atoms with Gasteiger partial charge in [-0.15, -0.1) is 0 Å². The van der Waals surface area contributed by atoms with Crippen LogP contribution in [0.5, 0.6) is 0 Å². The Labute approximate surface area is 72.9 Å². The fraction of sp³-hybridized carbons (Fsp3) is 0.625. The molecular formula is C8H16N4. The van der Waals surface area contributed by atoms with Gasteiger partial charge in [0.15, 0.2) is 0 Å². The zero-order chi connectivity index (χ0) is 8.81. The molecule has 0 saturated carbocycles. The summed E-state index contributed by atoms with van der Waals surface area (Å²) in [6.45, 7) is 3.39. The third-order valence-electron chi connectivity index (χ3n) is 1.64. The van der Waals surface area contributed by atoms with Crippen LogP contribution >= 0.6 is 0 Å². The van der Waals surface area contributed by atoms with Crippen molar-refractivity contribution in [1.82, 2.24) is 10.6 Å². The Hall–Kier alpha value is -0.870. The minimum atomic E-state index is 0.721. The zero-order valence-electron chi connectivity index (χ0n) is 7.43. The van der Waals surface area contributed by atoms with E-state index in [1.165, 1.54) is 0 Å². The average Bonchev–Trinajstić information content (AvgIpc) is 2.06. The van der Waals surface area contributed by atoms with Crippen molar-refractivity contribution in [2.75, 3.05) is 33.2 Å². The lowest BCUT2D eigenvalue weighted by Crippen LogP contribution is -2.30. The molecule has 1 heterocycles. The summed E-state index contributed by atoms with van der Waals surface area (Å²) in [6, 6.07) is 0. The summed E-state index contributed by atoms with van der Waals surface area (Å²) >= 11 is 0. The Bertz CT molecular complexity index is 195. The van der Waals surface area contributed by atoms with Crippen molar-refractivity contribution in [2.45, 2.75) is 0 Å². The van der Waals surface area contributed by atoms with Gasteiger partial charge in [-0.05, 0) is 13.1 Å². The molecule has 4 heteroatoms. The predicted octanol–water partition coefficient (Wildman–Crippen LogP) is -0.907. The molecule has 4 nitrogen and oxygen atoms in total. The second kappa shape index (κ2) is 4.90. The molecule has 1 aliphatic heterocycles. The molecule has 0 spiro atoms. The standard InChI is InChI=1S/C8H16N4/c1-10-5-7(9)4-8-6-11-2-3-12-8/h4,10-11H,2-3,5-6,9H2,1H3/b7-4-. The predicted molar refractivity (Wildman–Crippen MR) is 51.4 cm³/mol. The first-order valence-corrected chi connectivity index (χ1v) is 4.17. The molecule has 4 N–H and O–H groups in total. The van der Waals surface area contributed by atoms with E-state index in [1.807, 2.05) is 13.1 Å². The SMILES string of the molecule is CNC/C(N)=C/C1=NCCNC1. The topological polar surface area (TPSA) is 62.4 Å². The van der Waals surface area contributed by atoms with Gasteiger partial charge in [0.1, 0.15) is 0 Å². The van der Waals surface area contributed by atoms with E-state index in [4.69, 9.17) is 5.73 Å². The Morgan fingerprint density at radius 3 is 3.25 bits per heavy atom. The number of rotatable bonds is 3. The fourth-order valence-electron chi connectivity index (χ4n) is 1.12. The summed E-state index contributed by atoms with van der Waals surface area (Å²) in [5.74, 6) is 0. The molecule has 12 heavy (non-hydrogen) atoms. The van der Waals surface area contributed by atoms with Gasteiger partial charge < -0.3 is 16.4 Å². The van der Waals surface area contributed by atoms with Crippen molar-refractivity contribution < 1.29 is 0 Å². The number of likely N-dealkylation sites (N-methyl/N-ethyl adjacent to an activating group) is 1. The smallest absolute Gasteiger partial charge is 0.0518 e. The first kappa shape index (κ1) is 9.22. The van der Waals surface area contributed by atoms with Gasteiger partial charge >= 0.3 is 0 Å². The quantitative estimate of drug-likeness (QED) is 0.511. The van der Waals surface area contributed by atoms with Crippen molar-refractivity contribution in [3.8, 4) is 0 Å². The molecule has 0 aromatic heterocycles. The highest BCUT2D eigenvalue weighted by Gasteiger charge is 2.01. The molecule has 1 rings (SSSR count). The van der Waals surface area contributed by atoms with Crippen LogP contribution in [0.4, 0.5) is 0 Å². The summed E-state index contributed by atoms with van der Waals surface area (Å²) < 4.78 is 0. The lowest BCUT2D eigenvalue weighted by atomic mass is 10.2. The maximum absolute atomic E-state index is 5.71. The number of hydrogen-bond acceptors (Lipinski definition) is 4. The van der Waals surface area contributed by atoms with E-state index in [-0.39, 0.29) is 0 Å². The van der Waals surface area contributed by atoms with Gasteiger partial charge in [0.2, 0.25) is 0 Å². The summed E-state index contributed by atoms with van der Waals surface area (Å²) in [4.78, 5) is 4.32.